The maximum atomic E-state index is 12.7. The van der Waals surface area contributed by atoms with E-state index in [0.29, 0.717) is 39.1 Å². The number of rotatable bonds is 6. The van der Waals surface area contributed by atoms with Crippen LogP contribution in [0.3, 0.4) is 0 Å². The first-order valence-corrected chi connectivity index (χ1v) is 9.33. The first kappa shape index (κ1) is 18.2. The number of hydrogen-bond acceptors (Lipinski definition) is 5. The van der Waals surface area contributed by atoms with E-state index in [1.807, 2.05) is 6.07 Å². The summed E-state index contributed by atoms with van der Waals surface area (Å²) in [4.78, 5) is -0.0324. The number of nitriles is 1. The number of hydrogen-bond donors (Lipinski definition) is 1. The van der Waals surface area contributed by atoms with Gasteiger partial charge in [-0.3, -0.25) is 0 Å². The van der Waals surface area contributed by atoms with Gasteiger partial charge in [0.1, 0.15) is 11.0 Å². The van der Waals surface area contributed by atoms with Gasteiger partial charge in [0, 0.05) is 19.7 Å². The van der Waals surface area contributed by atoms with Crippen molar-refractivity contribution < 1.29 is 13.2 Å². The second kappa shape index (κ2) is 8.08. The van der Waals surface area contributed by atoms with Gasteiger partial charge in [-0.2, -0.15) is 9.57 Å². The maximum Gasteiger partial charge on any atom is 0.244 e. The maximum absolute atomic E-state index is 12.7. The molecule has 2 N–H and O–H groups in total. The van der Waals surface area contributed by atoms with E-state index in [9.17, 15) is 13.7 Å². The average Bonchev–Trinajstić information content (AvgIpc) is 2.55. The lowest BCUT2D eigenvalue weighted by molar-refractivity contribution is 0.0209. The smallest absolute Gasteiger partial charge is 0.244 e. The molecule has 0 amide bonds. The fourth-order valence-corrected chi connectivity index (χ4v) is 4.45. The SMILES string of the molecule is N#Cc1c(Cl)cccc1S(=O)(=O)N1CCC(OCCCN)CC1. The molecular formula is C15H20ClN3O3S. The molecule has 1 aliphatic rings. The second-order valence-electron chi connectivity index (χ2n) is 5.34. The van der Waals surface area contributed by atoms with Crippen molar-refractivity contribution in [2.75, 3.05) is 26.2 Å². The predicted octanol–water partition coefficient (Wildman–Crippen LogP) is 1.73. The van der Waals surface area contributed by atoms with Crippen molar-refractivity contribution >= 4 is 21.6 Å². The van der Waals surface area contributed by atoms with Crippen molar-refractivity contribution in [1.82, 2.24) is 4.31 Å². The molecule has 1 aromatic rings. The Balaban J connectivity index is 2.08. The molecule has 1 aliphatic heterocycles. The molecule has 0 atom stereocenters. The highest BCUT2D eigenvalue weighted by Gasteiger charge is 2.31. The minimum atomic E-state index is -3.73. The highest BCUT2D eigenvalue weighted by Crippen LogP contribution is 2.28. The largest absolute Gasteiger partial charge is 0.378 e. The first-order valence-electron chi connectivity index (χ1n) is 7.51. The van der Waals surface area contributed by atoms with Crippen molar-refractivity contribution in [2.24, 2.45) is 5.73 Å². The molecule has 1 aromatic carbocycles. The van der Waals surface area contributed by atoms with Crippen LogP contribution in [0.4, 0.5) is 0 Å². The van der Waals surface area contributed by atoms with E-state index in [-0.39, 0.29) is 21.6 Å². The van der Waals surface area contributed by atoms with Gasteiger partial charge in [0.25, 0.3) is 0 Å². The Morgan fingerprint density at radius 2 is 2.09 bits per heavy atom. The molecule has 0 spiro atoms. The van der Waals surface area contributed by atoms with Crippen LogP contribution < -0.4 is 5.73 Å². The van der Waals surface area contributed by atoms with E-state index in [4.69, 9.17) is 22.1 Å². The summed E-state index contributed by atoms with van der Waals surface area (Å²) >= 11 is 5.93. The normalized spacial score (nSPS) is 17.1. The molecule has 1 heterocycles. The van der Waals surface area contributed by atoms with Gasteiger partial charge in [-0.1, -0.05) is 17.7 Å². The van der Waals surface area contributed by atoms with Crippen LogP contribution in [0.15, 0.2) is 23.1 Å². The summed E-state index contributed by atoms with van der Waals surface area (Å²) < 4.78 is 32.6. The summed E-state index contributed by atoms with van der Waals surface area (Å²) in [5.41, 5.74) is 5.42. The van der Waals surface area contributed by atoms with Gasteiger partial charge in [-0.15, -0.1) is 0 Å². The van der Waals surface area contributed by atoms with Crippen LogP contribution in [0.5, 0.6) is 0 Å². The Labute approximate surface area is 141 Å². The number of piperidine rings is 1. The van der Waals surface area contributed by atoms with Crippen molar-refractivity contribution in [2.45, 2.75) is 30.3 Å². The molecular weight excluding hydrogens is 338 g/mol. The van der Waals surface area contributed by atoms with E-state index in [0.717, 1.165) is 6.42 Å². The Morgan fingerprint density at radius 1 is 1.39 bits per heavy atom. The summed E-state index contributed by atoms with van der Waals surface area (Å²) in [6.07, 6.45) is 2.12. The molecule has 0 aromatic heterocycles. The van der Waals surface area contributed by atoms with Crippen molar-refractivity contribution in [1.29, 1.82) is 5.26 Å². The lowest BCUT2D eigenvalue weighted by atomic mass is 10.1. The first-order chi connectivity index (χ1) is 11.0. The van der Waals surface area contributed by atoms with Gasteiger partial charge < -0.3 is 10.5 Å². The molecule has 0 unspecified atom stereocenters. The van der Waals surface area contributed by atoms with Gasteiger partial charge in [-0.05, 0) is 37.9 Å². The predicted molar refractivity (Wildman–Crippen MR) is 87.6 cm³/mol. The third-order valence-corrected chi connectivity index (χ3v) is 6.06. The van der Waals surface area contributed by atoms with E-state index in [2.05, 4.69) is 0 Å². The molecule has 0 aliphatic carbocycles. The zero-order valence-corrected chi connectivity index (χ0v) is 14.3. The standard InChI is InChI=1S/C15H20ClN3O3S/c16-14-3-1-4-15(13(14)11-18)23(20,21)19-8-5-12(6-9-19)22-10-2-7-17/h1,3-4,12H,2,5-10,17H2. The lowest BCUT2D eigenvalue weighted by Crippen LogP contribution is -2.41. The zero-order chi connectivity index (χ0) is 16.9. The molecule has 1 saturated heterocycles. The quantitative estimate of drug-likeness (QED) is 0.782. The third-order valence-electron chi connectivity index (χ3n) is 3.81. The average molecular weight is 358 g/mol. The van der Waals surface area contributed by atoms with Crippen LogP contribution >= 0.6 is 11.6 Å². The summed E-state index contributed by atoms with van der Waals surface area (Å²) in [5.74, 6) is 0. The van der Waals surface area contributed by atoms with Crippen LogP contribution in [0.2, 0.25) is 5.02 Å². The Kier molecular flexibility index (Phi) is 6.39. The molecule has 126 valence electrons. The van der Waals surface area contributed by atoms with Gasteiger partial charge in [0.2, 0.25) is 10.0 Å². The summed E-state index contributed by atoms with van der Waals surface area (Å²) in [7, 11) is -3.73. The van der Waals surface area contributed by atoms with E-state index >= 15 is 0 Å². The molecule has 2 rings (SSSR count). The fourth-order valence-electron chi connectivity index (χ4n) is 2.54. The minimum absolute atomic E-state index is 0.00418. The lowest BCUT2D eigenvalue weighted by Gasteiger charge is -2.31. The van der Waals surface area contributed by atoms with Gasteiger partial charge >= 0.3 is 0 Å². The van der Waals surface area contributed by atoms with Crippen LogP contribution in [0.1, 0.15) is 24.8 Å². The Bertz CT molecular complexity index is 680. The molecule has 0 radical (unpaired) electrons. The van der Waals surface area contributed by atoms with Crippen LogP contribution in [-0.4, -0.2) is 45.1 Å². The fraction of sp³-hybridized carbons (Fsp3) is 0.533. The zero-order valence-electron chi connectivity index (χ0n) is 12.7. The number of ether oxygens (including phenoxy) is 1. The number of halogens is 1. The highest BCUT2D eigenvalue weighted by molar-refractivity contribution is 7.89. The summed E-state index contributed by atoms with van der Waals surface area (Å²) in [6, 6.07) is 6.35. The molecule has 23 heavy (non-hydrogen) atoms. The Morgan fingerprint density at radius 3 is 2.70 bits per heavy atom. The number of nitrogens with two attached hydrogens (primary N) is 1. The van der Waals surface area contributed by atoms with Gasteiger partial charge in [0.05, 0.1) is 16.7 Å². The summed E-state index contributed by atoms with van der Waals surface area (Å²) in [6.45, 7) is 1.92. The summed E-state index contributed by atoms with van der Waals surface area (Å²) in [5, 5.41) is 9.32. The van der Waals surface area contributed by atoms with E-state index in [1.165, 1.54) is 16.4 Å². The van der Waals surface area contributed by atoms with Crippen molar-refractivity contribution in [3.63, 3.8) is 0 Å². The van der Waals surface area contributed by atoms with Gasteiger partial charge in [0.15, 0.2) is 0 Å². The van der Waals surface area contributed by atoms with E-state index < -0.39 is 10.0 Å². The monoisotopic (exact) mass is 357 g/mol. The number of benzene rings is 1. The van der Waals surface area contributed by atoms with Gasteiger partial charge in [-0.25, -0.2) is 8.42 Å². The highest BCUT2D eigenvalue weighted by atomic mass is 35.5. The Hall–Kier alpha value is -1.17. The molecule has 1 fully saturated rings. The molecule has 0 bridgehead atoms. The van der Waals surface area contributed by atoms with Crippen molar-refractivity contribution in [3.05, 3.63) is 28.8 Å². The van der Waals surface area contributed by atoms with E-state index in [1.54, 1.807) is 6.07 Å². The topological polar surface area (TPSA) is 96.4 Å². The molecule has 8 heteroatoms. The number of nitrogens with zero attached hydrogens (tertiary/aromatic N) is 2. The van der Waals surface area contributed by atoms with Crippen LogP contribution in [0.25, 0.3) is 0 Å². The minimum Gasteiger partial charge on any atom is -0.378 e. The molecule has 0 saturated carbocycles. The van der Waals surface area contributed by atoms with Crippen LogP contribution in [0, 0.1) is 11.3 Å². The molecule has 6 nitrogen and oxygen atoms in total. The second-order valence-corrected chi connectivity index (χ2v) is 7.65. The number of sulfonamides is 1. The van der Waals surface area contributed by atoms with Crippen molar-refractivity contribution in [3.8, 4) is 6.07 Å². The third kappa shape index (κ3) is 4.22. The van der Waals surface area contributed by atoms with Crippen LogP contribution in [-0.2, 0) is 14.8 Å².